The van der Waals surface area contributed by atoms with Crippen molar-refractivity contribution in [3.8, 4) is 5.75 Å². The van der Waals surface area contributed by atoms with Gasteiger partial charge in [0.05, 0.1) is 11.0 Å². The number of sulfonamides is 1. The first-order valence-corrected chi connectivity index (χ1v) is 11.4. The van der Waals surface area contributed by atoms with Gasteiger partial charge in [0.15, 0.2) is 0 Å². The minimum atomic E-state index is -3.52. The van der Waals surface area contributed by atoms with Crippen molar-refractivity contribution >= 4 is 21.6 Å². The lowest BCUT2D eigenvalue weighted by atomic mass is 10.1. The summed E-state index contributed by atoms with van der Waals surface area (Å²) < 4.78 is 33.8. The number of likely N-dealkylation sites (tertiary alicyclic amines) is 1. The third-order valence-electron chi connectivity index (χ3n) is 4.76. The van der Waals surface area contributed by atoms with Crippen LogP contribution in [0.15, 0.2) is 53.4 Å². The van der Waals surface area contributed by atoms with E-state index in [-0.39, 0.29) is 17.0 Å². The zero-order valence-electron chi connectivity index (χ0n) is 16.3. The molecule has 1 saturated heterocycles. The molecule has 0 radical (unpaired) electrons. The molecule has 0 atom stereocenters. The van der Waals surface area contributed by atoms with E-state index in [0.717, 1.165) is 43.8 Å². The number of para-hydroxylation sites is 1. The van der Waals surface area contributed by atoms with Crippen molar-refractivity contribution in [3.05, 3.63) is 59.1 Å². The molecule has 0 aromatic heterocycles. The molecule has 2 aromatic rings. The lowest BCUT2D eigenvalue weighted by Gasteiger charge is -2.32. The second kappa shape index (κ2) is 9.27. The number of piperidine rings is 1. The summed E-state index contributed by atoms with van der Waals surface area (Å²) in [5.74, 6) is 0.920. The molecule has 2 aromatic carbocycles. The number of nitrogens with one attached hydrogen (secondary N) is 1. The van der Waals surface area contributed by atoms with E-state index in [1.807, 2.05) is 32.0 Å². The molecule has 0 aliphatic carbocycles. The monoisotopic (exact) mass is 422 g/mol. The Bertz CT molecular complexity index is 877. The zero-order chi connectivity index (χ0) is 20.1. The molecule has 3 rings (SSSR count). The number of hydrogen-bond acceptors (Lipinski definition) is 4. The van der Waals surface area contributed by atoms with Gasteiger partial charge in [-0.1, -0.05) is 29.8 Å². The Morgan fingerprint density at radius 1 is 1.11 bits per heavy atom. The highest BCUT2D eigenvalue weighted by Gasteiger charge is 2.25. The molecule has 1 fully saturated rings. The van der Waals surface area contributed by atoms with Gasteiger partial charge >= 0.3 is 0 Å². The predicted octanol–water partition coefficient (Wildman–Crippen LogP) is 4.07. The molecule has 0 unspecified atom stereocenters. The molecular weight excluding hydrogens is 396 g/mol. The van der Waals surface area contributed by atoms with Gasteiger partial charge < -0.3 is 4.74 Å². The van der Waals surface area contributed by atoms with Crippen LogP contribution >= 0.6 is 11.6 Å². The molecule has 0 bridgehead atoms. The molecule has 0 saturated carbocycles. The van der Waals surface area contributed by atoms with Crippen molar-refractivity contribution in [2.24, 2.45) is 0 Å². The molecule has 1 heterocycles. The molecular formula is C21H27ClN2O3S. The summed E-state index contributed by atoms with van der Waals surface area (Å²) in [6.45, 7) is 6.53. The predicted molar refractivity (Wildman–Crippen MR) is 112 cm³/mol. The van der Waals surface area contributed by atoms with Crippen LogP contribution in [0.3, 0.4) is 0 Å². The van der Waals surface area contributed by atoms with Gasteiger partial charge in [-0.3, -0.25) is 4.90 Å². The van der Waals surface area contributed by atoms with Gasteiger partial charge in [0.1, 0.15) is 5.75 Å². The Labute approximate surface area is 172 Å². The van der Waals surface area contributed by atoms with Crippen molar-refractivity contribution in [2.45, 2.75) is 50.3 Å². The van der Waals surface area contributed by atoms with Gasteiger partial charge in [0.25, 0.3) is 0 Å². The van der Waals surface area contributed by atoms with Crippen molar-refractivity contribution in [2.75, 3.05) is 13.1 Å². The van der Waals surface area contributed by atoms with Gasteiger partial charge in [0.2, 0.25) is 10.0 Å². The Balaban J connectivity index is 1.56. The molecule has 1 N–H and O–H groups in total. The van der Waals surface area contributed by atoms with E-state index in [9.17, 15) is 8.42 Å². The standard InChI is InChI=1S/C21H27ClN2O3S/c1-16(2)27-21-6-4-3-5-17(21)15-24-13-11-19(12-14-24)23-28(25,26)20-9-7-18(22)8-10-20/h3-10,16,19,23H,11-15H2,1-2H3. The minimum absolute atomic E-state index is 0.0564. The number of benzene rings is 2. The topological polar surface area (TPSA) is 58.6 Å². The number of nitrogens with zero attached hydrogens (tertiary/aromatic N) is 1. The number of ether oxygens (including phenoxy) is 1. The van der Waals surface area contributed by atoms with Crippen LogP contribution in [0.25, 0.3) is 0 Å². The highest BCUT2D eigenvalue weighted by molar-refractivity contribution is 7.89. The van der Waals surface area contributed by atoms with Crippen LogP contribution in [0, 0.1) is 0 Å². The minimum Gasteiger partial charge on any atom is -0.491 e. The molecule has 1 aliphatic rings. The molecule has 28 heavy (non-hydrogen) atoms. The summed E-state index contributed by atoms with van der Waals surface area (Å²) in [4.78, 5) is 2.59. The van der Waals surface area contributed by atoms with Gasteiger partial charge in [-0.15, -0.1) is 0 Å². The molecule has 0 amide bonds. The first-order valence-electron chi connectivity index (χ1n) is 9.58. The SMILES string of the molecule is CC(C)Oc1ccccc1CN1CCC(NS(=O)(=O)c2ccc(Cl)cc2)CC1. The van der Waals surface area contributed by atoms with E-state index in [1.165, 1.54) is 12.1 Å². The summed E-state index contributed by atoms with van der Waals surface area (Å²) in [6, 6.07) is 14.3. The van der Waals surface area contributed by atoms with E-state index in [4.69, 9.17) is 16.3 Å². The average Bonchev–Trinajstić information content (AvgIpc) is 2.65. The van der Waals surface area contributed by atoms with Crippen molar-refractivity contribution < 1.29 is 13.2 Å². The Kier molecular flexibility index (Phi) is 6.99. The lowest BCUT2D eigenvalue weighted by Crippen LogP contribution is -2.44. The summed E-state index contributed by atoms with van der Waals surface area (Å²) in [5.41, 5.74) is 1.16. The fourth-order valence-corrected chi connectivity index (χ4v) is 4.79. The molecule has 0 spiro atoms. The van der Waals surface area contributed by atoms with Crippen LogP contribution in [0.4, 0.5) is 0 Å². The van der Waals surface area contributed by atoms with E-state index >= 15 is 0 Å². The summed E-state index contributed by atoms with van der Waals surface area (Å²) in [5, 5.41) is 0.522. The maximum absolute atomic E-state index is 12.5. The third-order valence-corrected chi connectivity index (χ3v) is 6.55. The number of hydrogen-bond donors (Lipinski definition) is 1. The summed E-state index contributed by atoms with van der Waals surface area (Å²) >= 11 is 5.85. The quantitative estimate of drug-likeness (QED) is 0.730. The molecule has 1 aliphatic heterocycles. The fraction of sp³-hybridized carbons (Fsp3) is 0.429. The third kappa shape index (κ3) is 5.70. The largest absolute Gasteiger partial charge is 0.491 e. The summed E-state index contributed by atoms with van der Waals surface area (Å²) in [7, 11) is -3.52. The lowest BCUT2D eigenvalue weighted by molar-refractivity contribution is 0.192. The van der Waals surface area contributed by atoms with Gasteiger partial charge in [-0.2, -0.15) is 0 Å². The van der Waals surface area contributed by atoms with Crippen molar-refractivity contribution in [3.63, 3.8) is 0 Å². The van der Waals surface area contributed by atoms with Crippen LogP contribution in [-0.2, 0) is 16.6 Å². The van der Waals surface area contributed by atoms with Crippen LogP contribution in [0.5, 0.6) is 5.75 Å². The smallest absolute Gasteiger partial charge is 0.240 e. The maximum atomic E-state index is 12.5. The number of halogens is 1. The van der Waals surface area contributed by atoms with Gasteiger partial charge in [-0.05, 0) is 57.0 Å². The first-order chi connectivity index (χ1) is 13.3. The van der Waals surface area contributed by atoms with E-state index in [1.54, 1.807) is 12.1 Å². The summed E-state index contributed by atoms with van der Waals surface area (Å²) in [6.07, 6.45) is 1.69. The van der Waals surface area contributed by atoms with E-state index in [0.29, 0.717) is 5.02 Å². The first kappa shape index (κ1) is 21.1. The van der Waals surface area contributed by atoms with E-state index < -0.39 is 10.0 Å². The zero-order valence-corrected chi connectivity index (χ0v) is 17.8. The van der Waals surface area contributed by atoms with E-state index in [2.05, 4.69) is 15.7 Å². The maximum Gasteiger partial charge on any atom is 0.240 e. The Hall–Kier alpha value is -1.60. The number of rotatable bonds is 7. The highest BCUT2D eigenvalue weighted by Crippen LogP contribution is 2.23. The second-order valence-corrected chi connectivity index (χ2v) is 9.55. The van der Waals surface area contributed by atoms with Gasteiger partial charge in [-0.25, -0.2) is 13.1 Å². The average molecular weight is 423 g/mol. The van der Waals surface area contributed by atoms with Crippen LogP contribution in [0.1, 0.15) is 32.3 Å². The molecule has 152 valence electrons. The normalized spacial score (nSPS) is 16.4. The molecule has 5 nitrogen and oxygen atoms in total. The van der Waals surface area contributed by atoms with Crippen molar-refractivity contribution in [1.29, 1.82) is 0 Å². The Morgan fingerprint density at radius 3 is 2.39 bits per heavy atom. The van der Waals surface area contributed by atoms with Gasteiger partial charge in [0, 0.05) is 36.3 Å². The van der Waals surface area contributed by atoms with Crippen LogP contribution < -0.4 is 9.46 Å². The second-order valence-electron chi connectivity index (χ2n) is 7.40. The Morgan fingerprint density at radius 2 is 1.75 bits per heavy atom. The molecule has 7 heteroatoms. The fourth-order valence-electron chi connectivity index (χ4n) is 3.35. The highest BCUT2D eigenvalue weighted by atomic mass is 35.5. The van der Waals surface area contributed by atoms with Crippen LogP contribution in [0.2, 0.25) is 5.02 Å². The van der Waals surface area contributed by atoms with Crippen molar-refractivity contribution in [1.82, 2.24) is 9.62 Å². The van der Waals surface area contributed by atoms with Crippen LogP contribution in [-0.4, -0.2) is 38.6 Å².